The van der Waals surface area contributed by atoms with Crippen LogP contribution >= 0.6 is 11.8 Å². The average molecular weight is 273 g/mol. The minimum absolute atomic E-state index is 0.265. The predicted octanol–water partition coefficient (Wildman–Crippen LogP) is 2.52. The molecule has 1 aliphatic heterocycles. The van der Waals surface area contributed by atoms with Gasteiger partial charge in [-0.15, -0.1) is 0 Å². The minimum atomic E-state index is -2.40. The van der Waals surface area contributed by atoms with Gasteiger partial charge < -0.3 is 5.11 Å². The SMILES string of the molecule is O=C(O)C1CN(Cc2ccc(SC(F)F)cc2)C1. The first-order valence-electron chi connectivity index (χ1n) is 5.53. The van der Waals surface area contributed by atoms with Crippen LogP contribution in [-0.2, 0) is 11.3 Å². The average Bonchev–Trinajstić information content (AvgIpc) is 2.23. The Morgan fingerprint density at radius 2 is 2.00 bits per heavy atom. The van der Waals surface area contributed by atoms with Gasteiger partial charge in [-0.05, 0) is 17.7 Å². The number of alkyl halides is 2. The van der Waals surface area contributed by atoms with Crippen LogP contribution < -0.4 is 0 Å². The largest absolute Gasteiger partial charge is 0.481 e. The van der Waals surface area contributed by atoms with E-state index < -0.39 is 11.7 Å². The van der Waals surface area contributed by atoms with Gasteiger partial charge in [0.2, 0.25) is 0 Å². The highest BCUT2D eigenvalue weighted by Crippen LogP contribution is 2.26. The second-order valence-corrected chi connectivity index (χ2v) is 5.32. The van der Waals surface area contributed by atoms with E-state index in [1.54, 1.807) is 24.3 Å². The summed E-state index contributed by atoms with van der Waals surface area (Å²) in [7, 11) is 0. The van der Waals surface area contributed by atoms with Crippen molar-refractivity contribution in [3.63, 3.8) is 0 Å². The van der Waals surface area contributed by atoms with Gasteiger partial charge in [0.05, 0.1) is 5.92 Å². The third-order valence-electron chi connectivity index (χ3n) is 2.86. The van der Waals surface area contributed by atoms with Gasteiger partial charge in [0, 0.05) is 24.5 Å². The monoisotopic (exact) mass is 273 g/mol. The summed E-state index contributed by atoms with van der Waals surface area (Å²) < 4.78 is 24.2. The molecule has 0 atom stereocenters. The van der Waals surface area contributed by atoms with Crippen LogP contribution in [0.2, 0.25) is 0 Å². The molecule has 0 aromatic heterocycles. The number of benzene rings is 1. The highest BCUT2D eigenvalue weighted by atomic mass is 32.2. The number of nitrogens with zero attached hydrogens (tertiary/aromatic N) is 1. The zero-order chi connectivity index (χ0) is 13.1. The number of carboxylic acid groups (broad SMARTS) is 1. The van der Waals surface area contributed by atoms with Crippen LogP contribution in [0.4, 0.5) is 8.78 Å². The van der Waals surface area contributed by atoms with Gasteiger partial charge in [-0.2, -0.15) is 8.78 Å². The summed E-state index contributed by atoms with van der Waals surface area (Å²) in [6, 6.07) is 6.94. The molecule has 1 aromatic carbocycles. The van der Waals surface area contributed by atoms with Gasteiger partial charge in [0.25, 0.3) is 5.76 Å². The summed E-state index contributed by atoms with van der Waals surface area (Å²) in [5.41, 5.74) is 1.01. The Kier molecular flexibility index (Phi) is 4.19. The van der Waals surface area contributed by atoms with Crippen LogP contribution in [0.3, 0.4) is 0 Å². The van der Waals surface area contributed by atoms with E-state index in [9.17, 15) is 13.6 Å². The number of halogens is 2. The molecule has 3 nitrogen and oxygen atoms in total. The molecule has 2 rings (SSSR count). The first-order valence-corrected chi connectivity index (χ1v) is 6.41. The van der Waals surface area contributed by atoms with Gasteiger partial charge in [0.15, 0.2) is 0 Å². The summed E-state index contributed by atoms with van der Waals surface area (Å²) in [5.74, 6) is -3.42. The maximum Gasteiger partial charge on any atom is 0.309 e. The van der Waals surface area contributed by atoms with Gasteiger partial charge in [0.1, 0.15) is 0 Å². The number of rotatable bonds is 5. The Bertz CT molecular complexity index is 419. The third-order valence-corrected chi connectivity index (χ3v) is 3.58. The number of thioether (sulfide) groups is 1. The fraction of sp³-hybridized carbons (Fsp3) is 0.417. The predicted molar refractivity (Wildman–Crippen MR) is 64.7 cm³/mol. The summed E-state index contributed by atoms with van der Waals surface area (Å²) in [6.45, 7) is 1.79. The molecule has 1 N–H and O–H groups in total. The summed E-state index contributed by atoms with van der Waals surface area (Å²) in [5, 5.41) is 8.74. The lowest BCUT2D eigenvalue weighted by atomic mass is 10.00. The highest BCUT2D eigenvalue weighted by molar-refractivity contribution is 7.99. The Morgan fingerprint density at radius 1 is 1.39 bits per heavy atom. The number of hydrogen-bond acceptors (Lipinski definition) is 3. The number of hydrogen-bond donors (Lipinski definition) is 1. The molecule has 0 saturated carbocycles. The van der Waals surface area contributed by atoms with Gasteiger partial charge in [-0.25, -0.2) is 0 Å². The maximum atomic E-state index is 12.1. The topological polar surface area (TPSA) is 40.5 Å². The Labute approximate surface area is 108 Å². The Balaban J connectivity index is 1.82. The Morgan fingerprint density at radius 3 is 2.50 bits per heavy atom. The summed E-state index contributed by atoms with van der Waals surface area (Å²) in [4.78, 5) is 13.2. The molecule has 0 aliphatic carbocycles. The molecule has 1 saturated heterocycles. The van der Waals surface area contributed by atoms with Crippen molar-refractivity contribution in [1.29, 1.82) is 0 Å². The molecule has 6 heteroatoms. The smallest absolute Gasteiger partial charge is 0.309 e. The highest BCUT2D eigenvalue weighted by Gasteiger charge is 2.31. The van der Waals surface area contributed by atoms with E-state index in [0.29, 0.717) is 36.3 Å². The molecule has 0 radical (unpaired) electrons. The fourth-order valence-corrected chi connectivity index (χ4v) is 2.39. The van der Waals surface area contributed by atoms with Crippen molar-refractivity contribution in [2.24, 2.45) is 5.92 Å². The van der Waals surface area contributed by atoms with E-state index in [0.717, 1.165) is 5.56 Å². The maximum absolute atomic E-state index is 12.1. The van der Waals surface area contributed by atoms with Crippen LogP contribution in [0.25, 0.3) is 0 Å². The fourth-order valence-electron chi connectivity index (χ4n) is 1.89. The van der Waals surface area contributed by atoms with Crippen molar-refractivity contribution in [3.05, 3.63) is 29.8 Å². The summed E-state index contributed by atoms with van der Waals surface area (Å²) in [6.07, 6.45) is 0. The molecule has 98 valence electrons. The molecular formula is C12H13F2NO2S. The van der Waals surface area contributed by atoms with E-state index in [-0.39, 0.29) is 5.92 Å². The van der Waals surface area contributed by atoms with Crippen molar-refractivity contribution in [3.8, 4) is 0 Å². The number of carboxylic acids is 1. The quantitative estimate of drug-likeness (QED) is 0.837. The zero-order valence-corrected chi connectivity index (χ0v) is 10.4. The normalized spacial score (nSPS) is 16.8. The van der Waals surface area contributed by atoms with Gasteiger partial charge in [-0.3, -0.25) is 9.69 Å². The van der Waals surface area contributed by atoms with Crippen molar-refractivity contribution in [2.75, 3.05) is 13.1 Å². The number of likely N-dealkylation sites (tertiary alicyclic amines) is 1. The van der Waals surface area contributed by atoms with Crippen LogP contribution in [0.15, 0.2) is 29.2 Å². The first-order chi connectivity index (χ1) is 8.54. The lowest BCUT2D eigenvalue weighted by Gasteiger charge is -2.36. The first kappa shape index (κ1) is 13.3. The van der Waals surface area contributed by atoms with E-state index in [1.165, 1.54) is 0 Å². The summed E-state index contributed by atoms with van der Waals surface area (Å²) >= 11 is 0.525. The number of aliphatic carboxylic acids is 1. The molecule has 0 amide bonds. The van der Waals surface area contributed by atoms with Crippen LogP contribution in [0, 0.1) is 5.92 Å². The molecule has 0 unspecified atom stereocenters. The standard InChI is InChI=1S/C12H13F2NO2S/c13-12(14)18-10-3-1-8(2-4-10)5-15-6-9(7-15)11(16)17/h1-4,9,12H,5-7H2,(H,16,17). The molecular weight excluding hydrogens is 260 g/mol. The van der Waals surface area contributed by atoms with E-state index >= 15 is 0 Å². The Hall–Kier alpha value is -1.14. The zero-order valence-electron chi connectivity index (χ0n) is 9.55. The van der Waals surface area contributed by atoms with Crippen molar-refractivity contribution in [2.45, 2.75) is 17.2 Å². The lowest BCUT2D eigenvalue weighted by molar-refractivity contribution is -0.147. The van der Waals surface area contributed by atoms with Crippen LogP contribution in [-0.4, -0.2) is 34.8 Å². The second kappa shape index (κ2) is 5.67. The minimum Gasteiger partial charge on any atom is -0.481 e. The lowest BCUT2D eigenvalue weighted by Crippen LogP contribution is -2.49. The molecule has 1 heterocycles. The molecule has 0 bridgehead atoms. The molecule has 18 heavy (non-hydrogen) atoms. The second-order valence-electron chi connectivity index (χ2n) is 4.25. The molecule has 1 aromatic rings. The third kappa shape index (κ3) is 3.43. The van der Waals surface area contributed by atoms with Crippen molar-refractivity contribution in [1.82, 2.24) is 4.90 Å². The van der Waals surface area contributed by atoms with E-state index in [2.05, 4.69) is 0 Å². The van der Waals surface area contributed by atoms with Crippen molar-refractivity contribution >= 4 is 17.7 Å². The van der Waals surface area contributed by atoms with Gasteiger partial charge in [-0.1, -0.05) is 23.9 Å². The van der Waals surface area contributed by atoms with Crippen LogP contribution in [0.5, 0.6) is 0 Å². The van der Waals surface area contributed by atoms with Crippen molar-refractivity contribution < 1.29 is 18.7 Å². The van der Waals surface area contributed by atoms with E-state index in [1.807, 2.05) is 4.90 Å². The molecule has 1 aliphatic rings. The van der Waals surface area contributed by atoms with Crippen LogP contribution in [0.1, 0.15) is 5.56 Å². The molecule has 1 fully saturated rings. The molecule has 0 spiro atoms. The van der Waals surface area contributed by atoms with E-state index in [4.69, 9.17) is 5.11 Å². The van der Waals surface area contributed by atoms with Gasteiger partial charge >= 0.3 is 5.97 Å². The number of carbonyl (C=O) groups is 1.